The molecule has 9 heteroatoms. The van der Waals surface area contributed by atoms with Crippen molar-refractivity contribution in [2.75, 3.05) is 0 Å². The number of nitrogens with zero attached hydrogens (tertiary/aromatic N) is 1. The second-order valence-electron chi connectivity index (χ2n) is 10.3. The third kappa shape index (κ3) is 4.23. The Bertz CT molecular complexity index is 988. The second kappa shape index (κ2) is 8.87. The maximum absolute atomic E-state index is 13.5. The van der Waals surface area contributed by atoms with E-state index >= 15 is 0 Å². The Hall–Kier alpha value is -2.49. The number of carbonyl (C=O) groups excluding carboxylic acids is 3. The zero-order valence-corrected chi connectivity index (χ0v) is 20.6. The molecule has 5 rings (SSSR count). The fourth-order valence-electron chi connectivity index (χ4n) is 6.21. The van der Waals surface area contributed by atoms with Crippen LogP contribution in [-0.2, 0) is 38.1 Å². The van der Waals surface area contributed by atoms with E-state index in [2.05, 4.69) is 0 Å². The predicted octanol–water partition coefficient (Wildman–Crippen LogP) is 3.01. The van der Waals surface area contributed by atoms with Gasteiger partial charge in [0.2, 0.25) is 12.0 Å². The lowest BCUT2D eigenvalue weighted by molar-refractivity contribution is -0.219. The van der Waals surface area contributed by atoms with E-state index in [-0.39, 0.29) is 5.91 Å². The van der Waals surface area contributed by atoms with Crippen LogP contribution in [0.1, 0.15) is 71.5 Å². The first-order valence-corrected chi connectivity index (χ1v) is 12.4. The number of rotatable bonds is 4. The first-order valence-electron chi connectivity index (χ1n) is 12.4. The van der Waals surface area contributed by atoms with E-state index in [4.69, 9.17) is 23.7 Å². The van der Waals surface area contributed by atoms with Gasteiger partial charge in [-0.1, -0.05) is 36.8 Å². The summed E-state index contributed by atoms with van der Waals surface area (Å²) in [5.74, 6) is -2.25. The summed E-state index contributed by atoms with van der Waals surface area (Å²) in [4.78, 5) is 39.6. The van der Waals surface area contributed by atoms with Crippen LogP contribution in [0.4, 0.5) is 0 Å². The third-order valence-electron chi connectivity index (χ3n) is 7.46. The first-order chi connectivity index (χ1) is 16.6. The Morgan fingerprint density at radius 1 is 0.943 bits per heavy atom. The molecule has 0 N–H and O–H groups in total. The third-order valence-corrected chi connectivity index (χ3v) is 7.46. The summed E-state index contributed by atoms with van der Waals surface area (Å²) in [6.45, 7) is 6.35. The largest absolute Gasteiger partial charge is 0.454 e. The van der Waals surface area contributed by atoms with Gasteiger partial charge in [-0.2, -0.15) is 0 Å². The molecule has 1 spiro atoms. The van der Waals surface area contributed by atoms with Crippen LogP contribution in [0.25, 0.3) is 0 Å². The number of amides is 1. The van der Waals surface area contributed by atoms with Crippen LogP contribution >= 0.6 is 0 Å². The Balaban J connectivity index is 1.47. The highest BCUT2D eigenvalue weighted by Gasteiger charge is 2.70. The van der Waals surface area contributed by atoms with Gasteiger partial charge >= 0.3 is 11.9 Å². The Kier molecular flexibility index (Phi) is 6.14. The van der Waals surface area contributed by atoms with Gasteiger partial charge in [-0.25, -0.2) is 4.79 Å². The summed E-state index contributed by atoms with van der Waals surface area (Å²) in [5, 5.41) is 0. The van der Waals surface area contributed by atoms with Crippen LogP contribution < -0.4 is 0 Å². The van der Waals surface area contributed by atoms with Crippen LogP contribution in [0.3, 0.4) is 0 Å². The average Bonchev–Trinajstić information content (AvgIpc) is 3.38. The predicted molar refractivity (Wildman–Crippen MR) is 122 cm³/mol. The number of hydrogen-bond donors (Lipinski definition) is 0. The lowest BCUT2D eigenvalue weighted by Crippen LogP contribution is -2.54. The number of esters is 2. The van der Waals surface area contributed by atoms with E-state index in [1.54, 1.807) is 29.2 Å². The fraction of sp³-hybridized carbons (Fsp3) is 0.654. The second-order valence-corrected chi connectivity index (χ2v) is 10.3. The lowest BCUT2D eigenvalue weighted by Gasteiger charge is -2.37. The van der Waals surface area contributed by atoms with E-state index < -0.39 is 60.0 Å². The summed E-state index contributed by atoms with van der Waals surface area (Å²) < 4.78 is 30.8. The fourth-order valence-corrected chi connectivity index (χ4v) is 6.21. The molecule has 2 saturated carbocycles. The minimum Gasteiger partial charge on any atom is -0.454 e. The molecule has 35 heavy (non-hydrogen) atoms. The molecule has 2 heterocycles. The quantitative estimate of drug-likeness (QED) is 0.598. The van der Waals surface area contributed by atoms with Gasteiger partial charge in [0, 0.05) is 32.3 Å². The Morgan fingerprint density at radius 2 is 1.60 bits per heavy atom. The van der Waals surface area contributed by atoms with Crippen molar-refractivity contribution in [2.45, 2.75) is 108 Å². The van der Waals surface area contributed by atoms with E-state index in [1.807, 2.05) is 19.9 Å². The minimum absolute atomic E-state index is 0.199. The topological polar surface area (TPSA) is 101 Å². The molecule has 6 atom stereocenters. The smallest absolute Gasteiger partial charge is 0.352 e. The molecule has 0 aromatic heterocycles. The number of hydrogen-bond acceptors (Lipinski definition) is 8. The molecule has 1 aromatic rings. The normalized spacial score (nSPS) is 33.1. The van der Waals surface area contributed by atoms with Gasteiger partial charge in [0.15, 0.2) is 11.9 Å². The van der Waals surface area contributed by atoms with Gasteiger partial charge < -0.3 is 28.6 Å². The van der Waals surface area contributed by atoms with Crippen molar-refractivity contribution in [3.8, 4) is 0 Å². The molecule has 190 valence electrons. The molecule has 1 aromatic carbocycles. The van der Waals surface area contributed by atoms with Crippen molar-refractivity contribution < 1.29 is 38.1 Å². The van der Waals surface area contributed by atoms with E-state index in [0.717, 1.165) is 32.1 Å². The summed E-state index contributed by atoms with van der Waals surface area (Å²) in [6.07, 6.45) is 0.958. The van der Waals surface area contributed by atoms with E-state index in [1.165, 1.54) is 13.8 Å². The monoisotopic (exact) mass is 487 g/mol. The zero-order chi connectivity index (χ0) is 25.0. The molecule has 0 bridgehead atoms. The highest BCUT2D eigenvalue weighted by molar-refractivity contribution is 5.80. The van der Waals surface area contributed by atoms with Gasteiger partial charge in [0.05, 0.1) is 0 Å². The highest BCUT2D eigenvalue weighted by atomic mass is 16.8. The SMILES string of the molecule is CC(=O)O[C@H](C(=O)O[C@@H]1[C@@H]2OC3(CCCCC3)O[C@@H]2[C@H]2OC(C)(C)N(C(C)=O)[C@@H]12)c1ccccc1. The molecule has 2 aliphatic carbocycles. The van der Waals surface area contributed by atoms with Crippen LogP contribution in [0, 0.1) is 0 Å². The molecule has 9 nitrogen and oxygen atoms in total. The van der Waals surface area contributed by atoms with Gasteiger partial charge in [0.25, 0.3) is 0 Å². The van der Waals surface area contributed by atoms with E-state index in [9.17, 15) is 14.4 Å². The number of fused-ring (bicyclic) bond motifs is 3. The Morgan fingerprint density at radius 3 is 2.23 bits per heavy atom. The maximum atomic E-state index is 13.5. The first kappa shape index (κ1) is 24.2. The summed E-state index contributed by atoms with van der Waals surface area (Å²) in [7, 11) is 0. The molecule has 2 aliphatic heterocycles. The highest BCUT2D eigenvalue weighted by Crippen LogP contribution is 2.52. The summed E-state index contributed by atoms with van der Waals surface area (Å²) in [5.41, 5.74) is -0.408. The van der Waals surface area contributed by atoms with Crippen LogP contribution in [0.15, 0.2) is 30.3 Å². The molecular weight excluding hydrogens is 454 g/mol. The van der Waals surface area contributed by atoms with E-state index in [0.29, 0.717) is 5.56 Å². The number of carbonyl (C=O) groups is 3. The van der Waals surface area contributed by atoms with Crippen molar-refractivity contribution in [1.29, 1.82) is 0 Å². The molecule has 0 radical (unpaired) electrons. The maximum Gasteiger partial charge on any atom is 0.352 e. The molecule has 0 unspecified atom stereocenters. The minimum atomic E-state index is -1.24. The van der Waals surface area contributed by atoms with Gasteiger partial charge in [-0.3, -0.25) is 9.59 Å². The molecular formula is C26H33NO8. The number of benzene rings is 1. The van der Waals surface area contributed by atoms with Crippen molar-refractivity contribution in [3.63, 3.8) is 0 Å². The van der Waals surface area contributed by atoms with Crippen molar-refractivity contribution >= 4 is 17.8 Å². The van der Waals surface area contributed by atoms with Crippen molar-refractivity contribution in [2.24, 2.45) is 0 Å². The van der Waals surface area contributed by atoms with Gasteiger partial charge in [0.1, 0.15) is 30.1 Å². The van der Waals surface area contributed by atoms with Crippen molar-refractivity contribution in [3.05, 3.63) is 35.9 Å². The van der Waals surface area contributed by atoms with Gasteiger partial charge in [-0.15, -0.1) is 0 Å². The Labute approximate surface area is 205 Å². The summed E-state index contributed by atoms with van der Waals surface area (Å²) in [6, 6.07) is 8.13. The average molecular weight is 488 g/mol. The number of ether oxygens (including phenoxy) is 5. The van der Waals surface area contributed by atoms with Crippen molar-refractivity contribution in [1.82, 2.24) is 4.90 Å². The standard InChI is InChI=1S/C26H33NO8/c1-15(28)27-18-20(32-24(30)19(31-16(2)29)17-11-7-5-8-12-17)22-23(21(18)33-25(27,3)4)35-26(34-22)13-9-6-10-14-26/h5,7-8,11-12,18-23H,6,9-10,13-14H2,1-4H3/t18-,19-,20-,21-,22-,23+/m0/s1. The molecule has 1 amide bonds. The molecule has 4 aliphatic rings. The van der Waals surface area contributed by atoms with Crippen LogP contribution in [0.5, 0.6) is 0 Å². The van der Waals surface area contributed by atoms with Gasteiger partial charge in [-0.05, 0) is 26.7 Å². The molecule has 4 fully saturated rings. The molecule has 2 saturated heterocycles. The zero-order valence-electron chi connectivity index (χ0n) is 20.6. The van der Waals surface area contributed by atoms with Crippen LogP contribution in [-0.4, -0.2) is 64.7 Å². The lowest BCUT2D eigenvalue weighted by atomic mass is 9.94. The summed E-state index contributed by atoms with van der Waals surface area (Å²) >= 11 is 0. The van der Waals surface area contributed by atoms with Crippen LogP contribution in [0.2, 0.25) is 0 Å².